The SMILES string of the molecule is Cc1cc(C)c(C(=O)CN2CCCCCC2)cc1C. The molecule has 1 heterocycles. The maximum Gasteiger partial charge on any atom is 0.177 e. The fraction of sp³-hybridized carbons (Fsp3) is 0.588. The van der Waals surface area contributed by atoms with Crippen LogP contribution in [-0.2, 0) is 0 Å². The smallest absolute Gasteiger partial charge is 0.177 e. The second-order valence-electron chi connectivity index (χ2n) is 5.86. The van der Waals surface area contributed by atoms with E-state index in [4.69, 9.17) is 0 Å². The molecule has 104 valence electrons. The Kier molecular flexibility index (Phi) is 4.76. The van der Waals surface area contributed by atoms with Crippen molar-refractivity contribution in [2.45, 2.75) is 46.5 Å². The summed E-state index contributed by atoms with van der Waals surface area (Å²) >= 11 is 0. The first kappa shape index (κ1) is 14.3. The molecule has 0 radical (unpaired) electrons. The minimum Gasteiger partial charge on any atom is -0.296 e. The van der Waals surface area contributed by atoms with Gasteiger partial charge in [-0.3, -0.25) is 9.69 Å². The predicted octanol–water partition coefficient (Wildman–Crippen LogP) is 3.67. The minimum atomic E-state index is 0.280. The first-order chi connectivity index (χ1) is 9.08. The highest BCUT2D eigenvalue weighted by Gasteiger charge is 2.16. The number of aryl methyl sites for hydroxylation is 3. The molecule has 0 N–H and O–H groups in total. The van der Waals surface area contributed by atoms with Crippen molar-refractivity contribution in [1.82, 2.24) is 4.90 Å². The van der Waals surface area contributed by atoms with E-state index in [1.165, 1.54) is 36.8 Å². The number of carbonyl (C=O) groups excluding carboxylic acids is 1. The molecule has 19 heavy (non-hydrogen) atoms. The normalized spacial score (nSPS) is 17.2. The molecule has 0 saturated carbocycles. The number of benzene rings is 1. The Hall–Kier alpha value is -1.15. The van der Waals surface area contributed by atoms with Gasteiger partial charge < -0.3 is 0 Å². The first-order valence-electron chi connectivity index (χ1n) is 7.41. The predicted molar refractivity (Wildman–Crippen MR) is 79.9 cm³/mol. The number of rotatable bonds is 3. The summed E-state index contributed by atoms with van der Waals surface area (Å²) in [5, 5.41) is 0. The van der Waals surface area contributed by atoms with E-state index >= 15 is 0 Å². The molecule has 0 aliphatic carbocycles. The Balaban J connectivity index is 2.08. The van der Waals surface area contributed by atoms with Gasteiger partial charge in [-0.25, -0.2) is 0 Å². The van der Waals surface area contributed by atoms with E-state index < -0.39 is 0 Å². The molecule has 1 aliphatic heterocycles. The molecule has 1 aromatic carbocycles. The van der Waals surface area contributed by atoms with E-state index in [-0.39, 0.29) is 5.78 Å². The summed E-state index contributed by atoms with van der Waals surface area (Å²) in [6.07, 6.45) is 5.10. The summed E-state index contributed by atoms with van der Waals surface area (Å²) in [5.74, 6) is 0.280. The van der Waals surface area contributed by atoms with Gasteiger partial charge in [-0.2, -0.15) is 0 Å². The number of nitrogens with zero attached hydrogens (tertiary/aromatic N) is 1. The van der Waals surface area contributed by atoms with Crippen molar-refractivity contribution in [3.8, 4) is 0 Å². The Morgan fingerprint density at radius 3 is 2.16 bits per heavy atom. The number of likely N-dealkylation sites (tertiary alicyclic amines) is 1. The maximum atomic E-state index is 12.5. The van der Waals surface area contributed by atoms with Crippen molar-refractivity contribution in [1.29, 1.82) is 0 Å². The summed E-state index contributed by atoms with van der Waals surface area (Å²) in [5.41, 5.74) is 4.50. The molecule has 2 nitrogen and oxygen atoms in total. The average molecular weight is 259 g/mol. The van der Waals surface area contributed by atoms with E-state index in [0.717, 1.165) is 24.2 Å². The van der Waals surface area contributed by atoms with Crippen LogP contribution < -0.4 is 0 Å². The Bertz CT molecular complexity index is 457. The molecule has 0 amide bonds. The lowest BCUT2D eigenvalue weighted by Gasteiger charge is -2.19. The van der Waals surface area contributed by atoms with Crippen LogP contribution in [0, 0.1) is 20.8 Å². The van der Waals surface area contributed by atoms with Crippen LogP contribution in [-0.4, -0.2) is 30.3 Å². The van der Waals surface area contributed by atoms with E-state index in [0.29, 0.717) is 6.54 Å². The lowest BCUT2D eigenvalue weighted by molar-refractivity contribution is 0.0932. The molecule has 1 saturated heterocycles. The molecular weight excluding hydrogens is 234 g/mol. The van der Waals surface area contributed by atoms with E-state index in [1.807, 2.05) is 6.92 Å². The number of hydrogen-bond donors (Lipinski definition) is 0. The molecule has 0 atom stereocenters. The molecule has 2 heteroatoms. The molecule has 0 unspecified atom stereocenters. The zero-order valence-corrected chi connectivity index (χ0v) is 12.5. The van der Waals surface area contributed by atoms with Crippen LogP contribution >= 0.6 is 0 Å². The van der Waals surface area contributed by atoms with Gasteiger partial charge in [0, 0.05) is 5.56 Å². The monoisotopic (exact) mass is 259 g/mol. The van der Waals surface area contributed by atoms with Crippen LogP contribution in [0.4, 0.5) is 0 Å². The quantitative estimate of drug-likeness (QED) is 0.772. The summed E-state index contributed by atoms with van der Waals surface area (Å²) in [6.45, 7) is 8.97. The van der Waals surface area contributed by atoms with Crippen LogP contribution in [0.5, 0.6) is 0 Å². The van der Waals surface area contributed by atoms with Crippen molar-refractivity contribution in [2.75, 3.05) is 19.6 Å². The van der Waals surface area contributed by atoms with Crippen LogP contribution in [0.3, 0.4) is 0 Å². The molecule has 1 aliphatic rings. The molecule has 2 rings (SSSR count). The summed E-state index contributed by atoms with van der Waals surface area (Å²) in [4.78, 5) is 14.8. The highest BCUT2D eigenvalue weighted by atomic mass is 16.1. The van der Waals surface area contributed by atoms with Gasteiger partial charge in [0.2, 0.25) is 0 Å². The van der Waals surface area contributed by atoms with E-state index in [2.05, 4.69) is 30.9 Å². The highest BCUT2D eigenvalue weighted by Crippen LogP contribution is 2.17. The van der Waals surface area contributed by atoms with Gasteiger partial charge >= 0.3 is 0 Å². The number of hydrogen-bond acceptors (Lipinski definition) is 2. The fourth-order valence-electron chi connectivity index (χ4n) is 2.84. The van der Waals surface area contributed by atoms with Gasteiger partial charge in [0.25, 0.3) is 0 Å². The van der Waals surface area contributed by atoms with Crippen molar-refractivity contribution in [2.24, 2.45) is 0 Å². The lowest BCUT2D eigenvalue weighted by Crippen LogP contribution is -2.31. The van der Waals surface area contributed by atoms with Crippen molar-refractivity contribution in [3.63, 3.8) is 0 Å². The zero-order chi connectivity index (χ0) is 13.8. The van der Waals surface area contributed by atoms with Crippen LogP contribution in [0.25, 0.3) is 0 Å². The summed E-state index contributed by atoms with van der Waals surface area (Å²) in [7, 11) is 0. The third-order valence-electron chi connectivity index (χ3n) is 4.21. The van der Waals surface area contributed by atoms with Gasteiger partial charge in [0.15, 0.2) is 5.78 Å². The minimum absolute atomic E-state index is 0.280. The Morgan fingerprint density at radius 2 is 1.53 bits per heavy atom. The second kappa shape index (κ2) is 6.33. The van der Waals surface area contributed by atoms with Gasteiger partial charge in [-0.15, -0.1) is 0 Å². The summed E-state index contributed by atoms with van der Waals surface area (Å²) in [6, 6.07) is 4.19. The average Bonchev–Trinajstić information content (AvgIpc) is 2.62. The molecular formula is C17H25NO. The van der Waals surface area contributed by atoms with Crippen molar-refractivity contribution < 1.29 is 4.79 Å². The first-order valence-corrected chi connectivity index (χ1v) is 7.41. The molecule has 0 spiro atoms. The topological polar surface area (TPSA) is 20.3 Å². The van der Waals surface area contributed by atoms with Crippen LogP contribution in [0.15, 0.2) is 12.1 Å². The Morgan fingerprint density at radius 1 is 0.947 bits per heavy atom. The third kappa shape index (κ3) is 3.66. The number of carbonyl (C=O) groups is 1. The Labute approximate surface area is 116 Å². The zero-order valence-electron chi connectivity index (χ0n) is 12.5. The molecule has 0 bridgehead atoms. The van der Waals surface area contributed by atoms with Crippen LogP contribution in [0.1, 0.15) is 52.7 Å². The van der Waals surface area contributed by atoms with Gasteiger partial charge in [-0.1, -0.05) is 18.9 Å². The van der Waals surface area contributed by atoms with Gasteiger partial charge in [-0.05, 0) is 69.5 Å². The lowest BCUT2D eigenvalue weighted by atomic mass is 9.98. The number of Topliss-reactive ketones (excluding diaryl/α,β-unsaturated/α-hetero) is 1. The van der Waals surface area contributed by atoms with Gasteiger partial charge in [0.05, 0.1) is 6.54 Å². The van der Waals surface area contributed by atoms with E-state index in [9.17, 15) is 4.79 Å². The second-order valence-corrected chi connectivity index (χ2v) is 5.86. The van der Waals surface area contributed by atoms with Crippen LogP contribution in [0.2, 0.25) is 0 Å². The largest absolute Gasteiger partial charge is 0.296 e. The molecule has 1 aromatic rings. The maximum absolute atomic E-state index is 12.5. The highest BCUT2D eigenvalue weighted by molar-refractivity contribution is 5.99. The standard InChI is InChI=1S/C17H25NO/c1-13-10-15(3)16(11-14(13)2)17(19)12-18-8-6-4-5-7-9-18/h10-11H,4-9,12H2,1-3H3. The van der Waals surface area contributed by atoms with Gasteiger partial charge in [0.1, 0.15) is 0 Å². The van der Waals surface area contributed by atoms with Crippen molar-refractivity contribution >= 4 is 5.78 Å². The third-order valence-corrected chi connectivity index (χ3v) is 4.21. The molecule has 1 fully saturated rings. The van der Waals surface area contributed by atoms with Crippen molar-refractivity contribution in [3.05, 3.63) is 34.4 Å². The fourth-order valence-corrected chi connectivity index (χ4v) is 2.84. The molecule has 0 aromatic heterocycles. The number of ketones is 1. The van der Waals surface area contributed by atoms with E-state index in [1.54, 1.807) is 0 Å². The summed E-state index contributed by atoms with van der Waals surface area (Å²) < 4.78 is 0.